The predicted molar refractivity (Wildman–Crippen MR) is 87.4 cm³/mol. The summed E-state index contributed by atoms with van der Waals surface area (Å²) < 4.78 is 1.59. The van der Waals surface area contributed by atoms with Crippen LogP contribution in [0.4, 0.5) is 11.4 Å². The third kappa shape index (κ3) is 4.15. The molecule has 0 radical (unpaired) electrons. The molecule has 0 spiro atoms. The van der Waals surface area contributed by atoms with Crippen molar-refractivity contribution >= 4 is 17.3 Å². The fourth-order valence-electron chi connectivity index (χ4n) is 2.42. The van der Waals surface area contributed by atoms with Gasteiger partial charge in [0.1, 0.15) is 11.4 Å². The molecule has 0 aliphatic carbocycles. The summed E-state index contributed by atoms with van der Waals surface area (Å²) in [6, 6.07) is 7.59. The number of rotatable bonds is 6. The molecule has 1 aromatic carbocycles. The third-order valence-corrected chi connectivity index (χ3v) is 3.63. The average Bonchev–Trinajstić information content (AvgIpc) is 2.76. The lowest BCUT2D eigenvalue weighted by Gasteiger charge is -2.06. The van der Waals surface area contributed by atoms with E-state index < -0.39 is 4.92 Å². The van der Waals surface area contributed by atoms with E-state index in [-0.39, 0.29) is 11.6 Å². The molecule has 1 aromatic heterocycles. The number of aryl methyl sites for hydroxylation is 3. The summed E-state index contributed by atoms with van der Waals surface area (Å²) in [5, 5.41) is 17.9. The summed E-state index contributed by atoms with van der Waals surface area (Å²) in [4.78, 5) is 22.4. The van der Waals surface area contributed by atoms with Crippen LogP contribution in [-0.4, -0.2) is 20.6 Å². The van der Waals surface area contributed by atoms with Crippen LogP contribution in [0.3, 0.4) is 0 Å². The van der Waals surface area contributed by atoms with Crippen LogP contribution in [0, 0.1) is 30.9 Å². The SMILES string of the molecule is Cc1ccc(NC(=O)CCCn2nc(C)c([N+](=O)[O-])c2C)cc1. The molecule has 1 heterocycles. The van der Waals surface area contributed by atoms with E-state index in [4.69, 9.17) is 0 Å². The molecular weight excluding hydrogens is 296 g/mol. The Hall–Kier alpha value is -2.70. The van der Waals surface area contributed by atoms with Crippen molar-refractivity contribution in [1.29, 1.82) is 0 Å². The molecule has 2 rings (SSSR count). The molecule has 0 atom stereocenters. The van der Waals surface area contributed by atoms with Crippen molar-refractivity contribution in [2.75, 3.05) is 5.32 Å². The number of carbonyl (C=O) groups is 1. The molecule has 0 saturated carbocycles. The second-order valence-corrected chi connectivity index (χ2v) is 5.52. The first-order valence-corrected chi connectivity index (χ1v) is 7.43. The molecule has 23 heavy (non-hydrogen) atoms. The summed E-state index contributed by atoms with van der Waals surface area (Å²) in [5.41, 5.74) is 2.87. The number of benzene rings is 1. The minimum Gasteiger partial charge on any atom is -0.326 e. The van der Waals surface area contributed by atoms with Crippen molar-refractivity contribution in [3.63, 3.8) is 0 Å². The maximum absolute atomic E-state index is 11.9. The van der Waals surface area contributed by atoms with Gasteiger partial charge < -0.3 is 5.32 Å². The smallest absolute Gasteiger partial charge is 0.312 e. The van der Waals surface area contributed by atoms with Crippen LogP contribution < -0.4 is 5.32 Å². The monoisotopic (exact) mass is 316 g/mol. The van der Waals surface area contributed by atoms with Gasteiger partial charge in [0, 0.05) is 18.7 Å². The molecule has 7 nitrogen and oxygen atoms in total. The van der Waals surface area contributed by atoms with Gasteiger partial charge in [0.25, 0.3) is 0 Å². The highest BCUT2D eigenvalue weighted by Crippen LogP contribution is 2.22. The third-order valence-electron chi connectivity index (χ3n) is 3.63. The molecule has 0 unspecified atom stereocenters. The van der Waals surface area contributed by atoms with Crippen molar-refractivity contribution < 1.29 is 9.72 Å². The largest absolute Gasteiger partial charge is 0.326 e. The zero-order valence-electron chi connectivity index (χ0n) is 13.5. The standard InChI is InChI=1S/C16H20N4O3/c1-11-6-8-14(9-7-11)17-15(21)5-4-10-19-13(3)16(20(22)23)12(2)18-19/h6-9H,4-5,10H2,1-3H3,(H,17,21). The van der Waals surface area contributed by atoms with Gasteiger partial charge in [0.05, 0.1) is 4.92 Å². The van der Waals surface area contributed by atoms with Gasteiger partial charge in [-0.2, -0.15) is 5.10 Å². The number of nitro groups is 1. The molecule has 0 bridgehead atoms. The second kappa shape index (κ2) is 7.04. The van der Waals surface area contributed by atoms with Crippen LogP contribution >= 0.6 is 0 Å². The molecule has 7 heteroatoms. The van der Waals surface area contributed by atoms with E-state index in [0.717, 1.165) is 11.3 Å². The lowest BCUT2D eigenvalue weighted by Crippen LogP contribution is -2.13. The molecule has 1 amide bonds. The van der Waals surface area contributed by atoms with Crippen molar-refractivity contribution in [3.05, 3.63) is 51.3 Å². The Bertz CT molecular complexity index is 720. The molecule has 122 valence electrons. The van der Waals surface area contributed by atoms with Crippen molar-refractivity contribution in [2.45, 2.75) is 40.2 Å². The molecule has 0 saturated heterocycles. The predicted octanol–water partition coefficient (Wildman–Crippen LogP) is 3.14. The lowest BCUT2D eigenvalue weighted by molar-refractivity contribution is -0.386. The van der Waals surface area contributed by atoms with Crippen molar-refractivity contribution in [3.8, 4) is 0 Å². The first-order chi connectivity index (χ1) is 10.9. The van der Waals surface area contributed by atoms with Crippen molar-refractivity contribution in [1.82, 2.24) is 9.78 Å². The molecule has 2 aromatic rings. The molecule has 0 fully saturated rings. The number of hydrogen-bond acceptors (Lipinski definition) is 4. The van der Waals surface area contributed by atoms with E-state index in [0.29, 0.717) is 30.8 Å². The summed E-state index contributed by atoms with van der Waals surface area (Å²) in [6.07, 6.45) is 0.900. The first-order valence-electron chi connectivity index (χ1n) is 7.43. The lowest BCUT2D eigenvalue weighted by atomic mass is 10.2. The van der Waals surface area contributed by atoms with Gasteiger partial charge in [-0.1, -0.05) is 17.7 Å². The fourth-order valence-corrected chi connectivity index (χ4v) is 2.42. The highest BCUT2D eigenvalue weighted by atomic mass is 16.6. The number of carbonyl (C=O) groups excluding carboxylic acids is 1. The van der Waals surface area contributed by atoms with Crippen LogP contribution in [0.25, 0.3) is 0 Å². The van der Waals surface area contributed by atoms with Gasteiger partial charge in [0.2, 0.25) is 5.91 Å². The number of nitrogens with zero attached hydrogens (tertiary/aromatic N) is 3. The molecule has 0 aliphatic rings. The van der Waals surface area contributed by atoms with E-state index in [2.05, 4.69) is 10.4 Å². The van der Waals surface area contributed by atoms with E-state index >= 15 is 0 Å². The molecule has 0 aliphatic heterocycles. The Morgan fingerprint density at radius 2 is 1.91 bits per heavy atom. The van der Waals surface area contributed by atoms with Crippen molar-refractivity contribution in [2.24, 2.45) is 0 Å². The number of hydrogen-bond donors (Lipinski definition) is 1. The minimum atomic E-state index is -0.418. The average molecular weight is 316 g/mol. The van der Waals surface area contributed by atoms with Gasteiger partial charge in [-0.3, -0.25) is 19.6 Å². The number of amides is 1. The number of nitrogens with one attached hydrogen (secondary N) is 1. The zero-order valence-corrected chi connectivity index (χ0v) is 13.5. The summed E-state index contributed by atoms with van der Waals surface area (Å²) in [7, 11) is 0. The van der Waals surface area contributed by atoms with Crippen LogP contribution in [0.5, 0.6) is 0 Å². The van der Waals surface area contributed by atoms with E-state index in [1.165, 1.54) is 0 Å². The minimum absolute atomic E-state index is 0.0501. The van der Waals surface area contributed by atoms with E-state index in [9.17, 15) is 14.9 Å². The number of aromatic nitrogens is 2. The van der Waals surface area contributed by atoms with Gasteiger partial charge in [0.15, 0.2) is 0 Å². The quantitative estimate of drug-likeness (QED) is 0.655. The first kappa shape index (κ1) is 16.7. The fraction of sp³-hybridized carbons (Fsp3) is 0.375. The maximum Gasteiger partial charge on any atom is 0.312 e. The number of anilines is 1. The Morgan fingerprint density at radius 1 is 1.26 bits per heavy atom. The normalized spacial score (nSPS) is 10.6. The van der Waals surface area contributed by atoms with Crippen LogP contribution in [0.2, 0.25) is 0 Å². The van der Waals surface area contributed by atoms with Gasteiger partial charge in [-0.25, -0.2) is 0 Å². The zero-order chi connectivity index (χ0) is 17.0. The Labute approximate surface area is 134 Å². The Morgan fingerprint density at radius 3 is 2.48 bits per heavy atom. The summed E-state index contributed by atoms with van der Waals surface area (Å²) >= 11 is 0. The van der Waals surface area contributed by atoms with Crippen LogP contribution in [0.15, 0.2) is 24.3 Å². The summed E-state index contributed by atoms with van der Waals surface area (Å²) in [6.45, 7) is 5.75. The van der Waals surface area contributed by atoms with Crippen LogP contribution in [-0.2, 0) is 11.3 Å². The topological polar surface area (TPSA) is 90.1 Å². The highest BCUT2D eigenvalue weighted by Gasteiger charge is 2.21. The van der Waals surface area contributed by atoms with Crippen LogP contribution in [0.1, 0.15) is 29.8 Å². The Kier molecular flexibility index (Phi) is 5.10. The highest BCUT2D eigenvalue weighted by molar-refractivity contribution is 5.90. The van der Waals surface area contributed by atoms with Gasteiger partial charge in [-0.15, -0.1) is 0 Å². The van der Waals surface area contributed by atoms with Gasteiger partial charge in [-0.05, 0) is 39.3 Å². The van der Waals surface area contributed by atoms with Gasteiger partial charge >= 0.3 is 5.69 Å². The Balaban J connectivity index is 1.87. The maximum atomic E-state index is 11.9. The summed E-state index contributed by atoms with van der Waals surface area (Å²) in [5.74, 6) is -0.0788. The molecular formula is C16H20N4O3. The van der Waals surface area contributed by atoms with E-state index in [1.807, 2.05) is 31.2 Å². The molecule has 1 N–H and O–H groups in total. The van der Waals surface area contributed by atoms with E-state index in [1.54, 1.807) is 18.5 Å². The second-order valence-electron chi connectivity index (χ2n) is 5.52.